The fraction of sp³-hybridized carbons (Fsp3) is 0.250. The Bertz CT molecular complexity index is 2070. The van der Waals surface area contributed by atoms with E-state index in [0.29, 0.717) is 33.1 Å². The fourth-order valence-electron chi connectivity index (χ4n) is 6.12. The molecule has 0 bridgehead atoms. The Kier molecular flexibility index (Phi) is 7.48. The number of nitrogens with one attached hydrogen (secondary N) is 2. The van der Waals surface area contributed by atoms with Crippen molar-refractivity contribution in [3.05, 3.63) is 87.0 Å². The highest BCUT2D eigenvalue weighted by Gasteiger charge is 2.46. The van der Waals surface area contributed by atoms with Crippen LogP contribution in [0.4, 0.5) is 10.7 Å². The zero-order chi connectivity index (χ0) is 33.1. The molecule has 15 heteroatoms. The Hall–Kier alpha value is -5.21. The average molecular weight is 672 g/mol. The molecule has 1 unspecified atom stereocenters. The van der Waals surface area contributed by atoms with Crippen LogP contribution in [0.2, 0.25) is 5.02 Å². The van der Waals surface area contributed by atoms with Crippen LogP contribution in [0.5, 0.6) is 0 Å². The molecule has 13 nitrogen and oxygen atoms in total. The van der Waals surface area contributed by atoms with Gasteiger partial charge in [0.2, 0.25) is 11.8 Å². The number of aryl methyl sites for hydroxylation is 1. The molecule has 238 valence electrons. The second-order valence-corrected chi connectivity index (χ2v) is 12.7. The van der Waals surface area contributed by atoms with Crippen molar-refractivity contribution >= 4 is 68.9 Å². The molecular weight excluding hydrogens is 646 g/mol. The summed E-state index contributed by atoms with van der Waals surface area (Å²) in [6, 6.07) is 10.3. The van der Waals surface area contributed by atoms with Crippen molar-refractivity contribution in [2.45, 2.75) is 45.2 Å². The number of aromatic nitrogens is 3. The summed E-state index contributed by atoms with van der Waals surface area (Å²) in [5.74, 6) is -1.74. The van der Waals surface area contributed by atoms with Crippen LogP contribution in [-0.4, -0.2) is 68.1 Å². The molecule has 3 aliphatic rings. The molecule has 0 aliphatic carbocycles. The lowest BCUT2D eigenvalue weighted by atomic mass is 10.00. The molecule has 2 N–H and O–H groups in total. The molecule has 5 heterocycles. The number of methoxy groups -OCH3 is 1. The van der Waals surface area contributed by atoms with Crippen LogP contribution in [0, 0.1) is 13.8 Å². The van der Waals surface area contributed by atoms with Gasteiger partial charge in [-0.05, 0) is 50.1 Å². The molecule has 47 heavy (non-hydrogen) atoms. The maximum Gasteiger partial charge on any atom is 0.308 e. The summed E-state index contributed by atoms with van der Waals surface area (Å²) in [5, 5.41) is 16.3. The Morgan fingerprint density at radius 3 is 2.55 bits per heavy atom. The van der Waals surface area contributed by atoms with Gasteiger partial charge in [0.05, 0.1) is 41.1 Å². The van der Waals surface area contributed by atoms with E-state index in [4.69, 9.17) is 21.3 Å². The molecule has 2 aromatic carbocycles. The number of anilines is 2. The molecule has 0 radical (unpaired) electrons. The van der Waals surface area contributed by atoms with Crippen molar-refractivity contribution < 1.29 is 28.7 Å². The number of aliphatic imine (C=N–C) groups is 1. The summed E-state index contributed by atoms with van der Waals surface area (Å²) in [5.41, 5.74) is 3.58. The van der Waals surface area contributed by atoms with Gasteiger partial charge in [0, 0.05) is 22.6 Å². The Labute approximate surface area is 276 Å². The molecule has 2 atom stereocenters. The fourth-order valence-corrected chi connectivity index (χ4v) is 7.53. The van der Waals surface area contributed by atoms with Crippen LogP contribution in [0.25, 0.3) is 5.00 Å². The Balaban J connectivity index is 1.34. The molecule has 1 fully saturated rings. The number of amides is 4. The van der Waals surface area contributed by atoms with Crippen molar-refractivity contribution in [2.75, 3.05) is 12.4 Å². The third-order valence-electron chi connectivity index (χ3n) is 8.42. The highest BCUT2D eigenvalue weighted by Crippen LogP contribution is 2.44. The minimum Gasteiger partial charge on any atom is -0.469 e. The minimum atomic E-state index is -1.08. The second-order valence-electron chi connectivity index (χ2n) is 11.3. The van der Waals surface area contributed by atoms with Crippen molar-refractivity contribution in [3.63, 3.8) is 0 Å². The topological polar surface area (TPSA) is 165 Å². The van der Waals surface area contributed by atoms with Gasteiger partial charge in [0.25, 0.3) is 11.8 Å². The third-order valence-corrected chi connectivity index (χ3v) is 9.87. The highest BCUT2D eigenvalue weighted by molar-refractivity contribution is 7.19. The normalized spacial score (nSPS) is 18.6. The number of benzene rings is 2. The first kappa shape index (κ1) is 30.4. The number of halogens is 1. The zero-order valence-corrected chi connectivity index (χ0v) is 26.9. The number of rotatable bonds is 6. The molecule has 7 rings (SSSR count). The second kappa shape index (κ2) is 11.5. The minimum absolute atomic E-state index is 0.0252. The van der Waals surface area contributed by atoms with Crippen molar-refractivity contribution in [1.29, 1.82) is 0 Å². The van der Waals surface area contributed by atoms with Crippen LogP contribution in [0.3, 0.4) is 0 Å². The summed E-state index contributed by atoms with van der Waals surface area (Å²) in [6.45, 7) is 3.72. The number of hydrogen-bond donors (Lipinski definition) is 2. The predicted molar refractivity (Wildman–Crippen MR) is 172 cm³/mol. The summed E-state index contributed by atoms with van der Waals surface area (Å²) in [7, 11) is 1.32. The first-order chi connectivity index (χ1) is 22.6. The van der Waals surface area contributed by atoms with Crippen molar-refractivity contribution in [1.82, 2.24) is 25.0 Å². The van der Waals surface area contributed by atoms with Crippen LogP contribution in [0.1, 0.15) is 74.4 Å². The maximum absolute atomic E-state index is 13.8. The smallest absolute Gasteiger partial charge is 0.308 e. The largest absolute Gasteiger partial charge is 0.469 e. The van der Waals surface area contributed by atoms with Gasteiger partial charge in [-0.3, -0.25) is 43.7 Å². The number of carbonyl (C=O) groups excluding carboxylic acids is 5. The maximum atomic E-state index is 13.8. The molecule has 2 aromatic heterocycles. The number of nitrogens with zero attached hydrogens (tertiary/aromatic N) is 5. The van der Waals surface area contributed by atoms with Gasteiger partial charge in [-0.25, -0.2) is 0 Å². The van der Waals surface area contributed by atoms with E-state index in [9.17, 15) is 24.0 Å². The molecule has 4 aromatic rings. The van der Waals surface area contributed by atoms with Crippen LogP contribution < -0.4 is 10.6 Å². The van der Waals surface area contributed by atoms with E-state index < -0.39 is 41.7 Å². The number of ether oxygens (including phenoxy) is 1. The van der Waals surface area contributed by atoms with E-state index in [-0.39, 0.29) is 30.4 Å². The van der Waals surface area contributed by atoms with E-state index >= 15 is 0 Å². The summed E-state index contributed by atoms with van der Waals surface area (Å²) >= 11 is 7.59. The zero-order valence-electron chi connectivity index (χ0n) is 25.3. The number of piperidine rings is 1. The van der Waals surface area contributed by atoms with E-state index in [1.807, 2.05) is 30.5 Å². The van der Waals surface area contributed by atoms with Crippen LogP contribution >= 0.6 is 22.9 Å². The number of hydrogen-bond acceptors (Lipinski definition) is 11. The molecule has 0 spiro atoms. The SMILES string of the molecule is COC(=O)C[C@@H]1N=C(c2ccc(Cl)cc2)c2c(sc(Nc3cccc4c3C(=O)N(C3CCC(=O)NC3=O)C4=O)c2C)-n2c(C)nnc21. The van der Waals surface area contributed by atoms with Gasteiger partial charge in [0.15, 0.2) is 5.82 Å². The Morgan fingerprint density at radius 2 is 1.83 bits per heavy atom. The van der Waals surface area contributed by atoms with Crippen LogP contribution in [0.15, 0.2) is 47.5 Å². The summed E-state index contributed by atoms with van der Waals surface area (Å²) in [4.78, 5) is 70.0. The van der Waals surface area contributed by atoms with E-state index in [1.165, 1.54) is 18.4 Å². The average Bonchev–Trinajstić information content (AvgIpc) is 3.63. The van der Waals surface area contributed by atoms with Gasteiger partial charge < -0.3 is 10.1 Å². The lowest BCUT2D eigenvalue weighted by Gasteiger charge is -2.27. The lowest BCUT2D eigenvalue weighted by Crippen LogP contribution is -2.54. The van der Waals surface area contributed by atoms with Gasteiger partial charge in [0.1, 0.15) is 22.9 Å². The Morgan fingerprint density at radius 1 is 1.06 bits per heavy atom. The lowest BCUT2D eigenvalue weighted by molar-refractivity contribution is -0.141. The van der Waals surface area contributed by atoms with Gasteiger partial charge in [-0.1, -0.05) is 41.1 Å². The first-order valence-corrected chi connectivity index (χ1v) is 15.8. The molecule has 4 amide bonds. The number of fused-ring (bicyclic) bond motifs is 4. The van der Waals surface area contributed by atoms with Gasteiger partial charge in [-0.2, -0.15) is 0 Å². The summed E-state index contributed by atoms with van der Waals surface area (Å²) in [6.07, 6.45) is 0.0260. The van der Waals surface area contributed by atoms with E-state index in [1.54, 1.807) is 30.3 Å². The molecule has 3 aliphatic heterocycles. The molecule has 1 saturated heterocycles. The number of imide groups is 2. The molecular formula is C32H26ClN7O6S. The van der Waals surface area contributed by atoms with E-state index in [0.717, 1.165) is 26.6 Å². The summed E-state index contributed by atoms with van der Waals surface area (Å²) < 4.78 is 6.84. The highest BCUT2D eigenvalue weighted by atomic mass is 35.5. The first-order valence-electron chi connectivity index (χ1n) is 14.7. The number of carbonyl (C=O) groups is 5. The van der Waals surface area contributed by atoms with Crippen LogP contribution in [-0.2, 0) is 19.1 Å². The van der Waals surface area contributed by atoms with Crippen molar-refractivity contribution in [2.24, 2.45) is 4.99 Å². The monoisotopic (exact) mass is 671 g/mol. The molecule has 0 saturated carbocycles. The number of thiophene rings is 1. The number of esters is 1. The van der Waals surface area contributed by atoms with E-state index in [2.05, 4.69) is 20.8 Å². The quantitative estimate of drug-likeness (QED) is 0.226. The van der Waals surface area contributed by atoms with Gasteiger partial charge in [-0.15, -0.1) is 10.2 Å². The van der Waals surface area contributed by atoms with Crippen molar-refractivity contribution in [3.8, 4) is 5.00 Å². The standard InChI is InChI=1S/C32H26ClN7O6S/c1-14-24-26(16-7-9-17(33)10-8-16)34-20(13-23(42)46-3)27-38-37-15(2)39(27)32(24)47-29(14)35-19-6-4-5-18-25(19)31(45)40(30(18)44)21-11-12-22(41)36-28(21)43/h4-10,20-21,35H,11-13H2,1-3H3,(H,36,41,43)/t20-,21?/m0/s1. The predicted octanol–water partition coefficient (Wildman–Crippen LogP) is 4.20. The third kappa shape index (κ3) is 5.00. The van der Waals surface area contributed by atoms with Gasteiger partial charge >= 0.3 is 5.97 Å².